The fraction of sp³-hybridized carbons (Fsp3) is 0.548. The standard InChI is InChI=1S/C73H107N19O14S/c1-43(2)37-53(65(99)84-49(62(78)96)31-36-107-3)83-61(95)41-82-67(101)58-40-46-21-10-11-22-47(46)42-92(58)72(106)55(39-45-19-8-5-9-20-45)89-66(100)54(38-44-17-6-4-7-18-44)88-64(98)50(27-29-59(76)93)85-63(97)51(28-30-60(77)94)86-68(102)57-26-16-35-91(57)71(105)52(24-12-13-32-74)87-69(103)56-25-15-34-90(56)70(104)48(75)23-14-33-81-73(79)80/h4-11,17-22,43,48-58H,12-16,23-42,74-75H2,1-3H3,(H2,76,93)(H2,77,94)(H2,78,96)(H,82,101)(H,83,95)(H,84,99)(H,85,97)(H,86,102)(H,87,103)(H,88,98)(H,89,100)(H4,79,80,81)/t48-,49-,50-,51-,52-,53-,54-,55-,56-,57-,58?/m0/s1. The van der Waals surface area contributed by atoms with Crippen LogP contribution in [0.25, 0.3) is 0 Å². The lowest BCUT2D eigenvalue weighted by Crippen LogP contribution is -2.61. The number of nitrogens with one attached hydrogen (secondary N) is 8. The number of benzene rings is 3. The molecule has 0 aliphatic carbocycles. The second-order valence-electron chi connectivity index (χ2n) is 27.6. The summed E-state index contributed by atoms with van der Waals surface area (Å²) in [5.41, 5.74) is 42.3. The number of nitrogens with zero attached hydrogens (tertiary/aromatic N) is 4. The number of hydrogen-bond donors (Lipinski definition) is 15. The molecule has 11 atom stereocenters. The van der Waals surface area contributed by atoms with Crippen LogP contribution in [0.4, 0.5) is 0 Å². The molecule has 0 aromatic heterocycles. The number of amides is 14. The molecule has 2 saturated heterocycles. The molecule has 14 amide bonds. The average Bonchev–Trinajstić information content (AvgIpc) is 1.37. The van der Waals surface area contributed by atoms with Crippen LogP contribution in [-0.2, 0) is 92.9 Å². The summed E-state index contributed by atoms with van der Waals surface area (Å²) in [5, 5.41) is 21.6. The minimum Gasteiger partial charge on any atom is -0.370 e. The summed E-state index contributed by atoms with van der Waals surface area (Å²) in [5.74, 6) is -10.5. The van der Waals surface area contributed by atoms with E-state index in [0.717, 1.165) is 5.56 Å². The van der Waals surface area contributed by atoms with E-state index >= 15 is 9.59 Å². The molecule has 107 heavy (non-hydrogen) atoms. The Hall–Kier alpha value is -10.2. The van der Waals surface area contributed by atoms with E-state index in [4.69, 9.17) is 40.1 Å². The number of rotatable bonds is 43. The largest absolute Gasteiger partial charge is 0.370 e. The molecule has 34 heteroatoms. The minimum atomic E-state index is -1.67. The topological polar surface area (TPSA) is 539 Å². The third-order valence-corrected chi connectivity index (χ3v) is 19.5. The maximum Gasteiger partial charge on any atom is 0.246 e. The second-order valence-corrected chi connectivity index (χ2v) is 28.6. The zero-order chi connectivity index (χ0) is 78.3. The van der Waals surface area contributed by atoms with Gasteiger partial charge in [-0.2, -0.15) is 11.8 Å². The van der Waals surface area contributed by atoms with Gasteiger partial charge in [-0.25, -0.2) is 0 Å². The summed E-state index contributed by atoms with van der Waals surface area (Å²) in [7, 11) is 0. The van der Waals surface area contributed by atoms with Crippen molar-refractivity contribution < 1.29 is 67.1 Å². The smallest absolute Gasteiger partial charge is 0.246 e. The van der Waals surface area contributed by atoms with Crippen LogP contribution in [0.15, 0.2) is 89.9 Å². The van der Waals surface area contributed by atoms with E-state index in [0.29, 0.717) is 61.0 Å². The van der Waals surface area contributed by atoms with Crippen molar-refractivity contribution in [2.45, 2.75) is 202 Å². The van der Waals surface area contributed by atoms with Crippen molar-refractivity contribution in [3.05, 3.63) is 107 Å². The Labute approximate surface area is 627 Å². The van der Waals surface area contributed by atoms with Crippen molar-refractivity contribution in [2.75, 3.05) is 44.7 Å². The zero-order valence-electron chi connectivity index (χ0n) is 61.1. The lowest BCUT2D eigenvalue weighted by molar-refractivity contribution is -0.145. The zero-order valence-corrected chi connectivity index (χ0v) is 62.0. The fourth-order valence-corrected chi connectivity index (χ4v) is 13.7. The lowest BCUT2D eigenvalue weighted by Gasteiger charge is -2.38. The lowest BCUT2D eigenvalue weighted by atomic mass is 9.92. The van der Waals surface area contributed by atoms with E-state index in [1.54, 1.807) is 84.9 Å². The number of nitrogens with two attached hydrogens (primary N) is 7. The molecule has 3 aliphatic rings. The molecule has 3 aromatic carbocycles. The normalized spacial score (nSPS) is 17.6. The van der Waals surface area contributed by atoms with Crippen LogP contribution in [-0.4, -0.2) is 215 Å². The van der Waals surface area contributed by atoms with Crippen molar-refractivity contribution in [3.63, 3.8) is 0 Å². The number of likely N-dealkylation sites (tertiary alicyclic amines) is 2. The number of fused-ring (bicyclic) bond motifs is 1. The number of aliphatic imine (C=N–C) groups is 1. The molecule has 0 saturated carbocycles. The van der Waals surface area contributed by atoms with Crippen LogP contribution >= 0.6 is 11.8 Å². The molecule has 0 spiro atoms. The van der Waals surface area contributed by atoms with Crippen LogP contribution in [0.5, 0.6) is 0 Å². The Balaban J connectivity index is 1.23. The number of guanidine groups is 1. The SMILES string of the molecule is CSCC[C@H](NC(=O)[C@H](CC(C)C)NC(=O)CNC(=O)C1Cc2ccccc2CN1C(=O)[C@H](Cc1ccccc1)NC(=O)[C@H](Cc1ccccc1)NC(=O)[C@H](CCC(N)=O)NC(=O)[C@H](CCC(N)=O)NC(=O)[C@@H]1CCCN1C(=O)[C@H](CCCCN)NC(=O)[C@@H]1CCCN1C(=O)[C@@H](N)CCCN=C(N)N)C(N)=O. The molecule has 584 valence electrons. The Morgan fingerprint density at radius 2 is 1.00 bits per heavy atom. The Kier molecular flexibility index (Phi) is 34.8. The van der Waals surface area contributed by atoms with Gasteiger partial charge in [0.2, 0.25) is 82.7 Å². The number of carbonyl (C=O) groups excluding carboxylic acids is 14. The second kappa shape index (κ2) is 43.4. The molecule has 0 radical (unpaired) electrons. The maximum atomic E-state index is 15.5. The third kappa shape index (κ3) is 27.3. The van der Waals surface area contributed by atoms with E-state index in [1.807, 2.05) is 20.1 Å². The highest BCUT2D eigenvalue weighted by Crippen LogP contribution is 2.27. The van der Waals surface area contributed by atoms with Crippen LogP contribution in [0.3, 0.4) is 0 Å². The predicted octanol–water partition coefficient (Wildman–Crippen LogP) is -2.76. The van der Waals surface area contributed by atoms with Gasteiger partial charge in [0.1, 0.15) is 60.4 Å². The Morgan fingerprint density at radius 1 is 0.505 bits per heavy atom. The van der Waals surface area contributed by atoms with Crippen LogP contribution in [0, 0.1) is 5.92 Å². The van der Waals surface area contributed by atoms with Crippen molar-refractivity contribution >= 4 is 100 Å². The van der Waals surface area contributed by atoms with Gasteiger partial charge in [0.15, 0.2) is 5.96 Å². The highest BCUT2D eigenvalue weighted by atomic mass is 32.2. The monoisotopic (exact) mass is 1510 g/mol. The molecule has 3 aromatic rings. The van der Waals surface area contributed by atoms with Gasteiger partial charge in [0.25, 0.3) is 0 Å². The van der Waals surface area contributed by atoms with E-state index in [2.05, 4.69) is 47.5 Å². The number of hydrogen-bond acceptors (Lipinski definition) is 18. The Morgan fingerprint density at radius 3 is 1.55 bits per heavy atom. The van der Waals surface area contributed by atoms with Gasteiger partial charge >= 0.3 is 0 Å². The van der Waals surface area contributed by atoms with E-state index in [1.165, 1.54) is 26.5 Å². The predicted molar refractivity (Wildman–Crippen MR) is 400 cm³/mol. The first-order valence-electron chi connectivity index (χ1n) is 36.4. The highest BCUT2D eigenvalue weighted by Gasteiger charge is 2.44. The number of carbonyl (C=O) groups is 14. The van der Waals surface area contributed by atoms with Gasteiger partial charge in [-0.1, -0.05) is 98.8 Å². The van der Waals surface area contributed by atoms with Gasteiger partial charge in [-0.15, -0.1) is 0 Å². The van der Waals surface area contributed by atoms with Crippen LogP contribution in [0.1, 0.15) is 132 Å². The molecule has 3 heterocycles. The minimum absolute atomic E-state index is 0.0204. The van der Waals surface area contributed by atoms with Crippen molar-refractivity contribution in [1.82, 2.24) is 57.2 Å². The first kappa shape index (κ1) is 85.7. The van der Waals surface area contributed by atoms with Crippen molar-refractivity contribution in [3.8, 4) is 0 Å². The molecular weight excluding hydrogens is 1400 g/mol. The summed E-state index contributed by atoms with van der Waals surface area (Å²) in [6.07, 6.45) is 2.94. The average molecular weight is 1510 g/mol. The van der Waals surface area contributed by atoms with Crippen molar-refractivity contribution in [1.29, 1.82) is 0 Å². The number of primary amides is 3. The van der Waals surface area contributed by atoms with Gasteiger partial charge in [0.05, 0.1) is 12.6 Å². The molecule has 3 aliphatic heterocycles. The molecule has 1 unspecified atom stereocenters. The molecular formula is C73H107N19O14S. The fourth-order valence-electron chi connectivity index (χ4n) is 13.2. The molecule has 0 bridgehead atoms. The number of unbranched alkanes of at least 4 members (excludes halogenated alkanes) is 1. The van der Waals surface area contributed by atoms with Gasteiger partial charge < -0.3 is 97.4 Å². The third-order valence-electron chi connectivity index (χ3n) is 18.8. The van der Waals surface area contributed by atoms with Gasteiger partial charge in [-0.3, -0.25) is 72.1 Å². The van der Waals surface area contributed by atoms with Crippen LogP contribution < -0.4 is 82.7 Å². The molecule has 6 rings (SSSR count). The van der Waals surface area contributed by atoms with Crippen LogP contribution in [0.2, 0.25) is 0 Å². The highest BCUT2D eigenvalue weighted by molar-refractivity contribution is 7.98. The van der Waals surface area contributed by atoms with Crippen molar-refractivity contribution in [2.24, 2.45) is 51.0 Å². The van der Waals surface area contributed by atoms with Gasteiger partial charge in [0, 0.05) is 58.3 Å². The van der Waals surface area contributed by atoms with E-state index < -0.39 is 181 Å². The summed E-state index contributed by atoms with van der Waals surface area (Å²) in [4.78, 5) is 204. The van der Waals surface area contributed by atoms with E-state index in [-0.39, 0.29) is 96.0 Å². The summed E-state index contributed by atoms with van der Waals surface area (Å²) >= 11 is 1.46. The maximum absolute atomic E-state index is 15.5. The quantitative estimate of drug-likeness (QED) is 0.0155. The summed E-state index contributed by atoms with van der Waals surface area (Å²) < 4.78 is 0. The first-order valence-corrected chi connectivity index (χ1v) is 37.8. The Bertz CT molecular complexity index is 3610. The number of thioether (sulfide) groups is 1. The first-order chi connectivity index (χ1) is 51.1. The molecule has 33 nitrogen and oxygen atoms in total. The van der Waals surface area contributed by atoms with E-state index in [9.17, 15) is 57.5 Å². The molecule has 22 N–H and O–H groups in total. The summed E-state index contributed by atoms with van der Waals surface area (Å²) in [6, 6.07) is 10.3. The summed E-state index contributed by atoms with van der Waals surface area (Å²) in [6.45, 7) is 3.76. The molecule has 2 fully saturated rings. The van der Waals surface area contributed by atoms with Gasteiger partial charge in [-0.05, 0) is 130 Å².